The van der Waals surface area contributed by atoms with Crippen LogP contribution in [0.2, 0.25) is 0 Å². The van der Waals surface area contributed by atoms with Crippen molar-refractivity contribution in [3.8, 4) is 5.75 Å². The number of amides is 1. The van der Waals surface area contributed by atoms with Crippen molar-refractivity contribution in [1.29, 1.82) is 0 Å². The molecule has 2 heterocycles. The standard InChI is InChI=1S/C20H24N4O4S/c1-20(2)18(25)24(14-6-4-5-7-14)17-16(28-20)12-21-19(23-17)22-13-8-10-15(11-9-13)29(3,26)27/h8-12,14H,4-7H2,1-3H3,(H,21,22,23). The number of hydrogen-bond donors (Lipinski definition) is 1. The Morgan fingerprint density at radius 3 is 2.45 bits per heavy atom. The van der Waals surface area contributed by atoms with Gasteiger partial charge in [0.05, 0.1) is 11.1 Å². The van der Waals surface area contributed by atoms with Crippen LogP contribution in [-0.4, -0.2) is 42.2 Å². The zero-order valence-electron chi connectivity index (χ0n) is 16.7. The van der Waals surface area contributed by atoms with E-state index >= 15 is 0 Å². The Kier molecular flexibility index (Phi) is 4.72. The monoisotopic (exact) mass is 416 g/mol. The molecule has 1 aliphatic carbocycles. The quantitative estimate of drug-likeness (QED) is 0.817. The van der Waals surface area contributed by atoms with E-state index in [1.54, 1.807) is 37.1 Å². The molecule has 8 nitrogen and oxygen atoms in total. The summed E-state index contributed by atoms with van der Waals surface area (Å²) in [5.74, 6) is 1.18. The molecule has 1 aromatic heterocycles. The van der Waals surface area contributed by atoms with Crippen LogP contribution in [0.1, 0.15) is 39.5 Å². The van der Waals surface area contributed by atoms with Gasteiger partial charge in [0.25, 0.3) is 5.91 Å². The van der Waals surface area contributed by atoms with Gasteiger partial charge in [-0.25, -0.2) is 13.4 Å². The molecule has 0 spiro atoms. The number of aromatic nitrogens is 2. The Hall–Kier alpha value is -2.68. The number of ether oxygens (including phenoxy) is 1. The van der Waals surface area contributed by atoms with Crippen LogP contribution in [0.3, 0.4) is 0 Å². The molecule has 0 unspecified atom stereocenters. The first-order valence-corrected chi connectivity index (χ1v) is 11.5. The van der Waals surface area contributed by atoms with Crippen LogP contribution in [0, 0.1) is 0 Å². The number of benzene rings is 1. The highest BCUT2D eigenvalue weighted by atomic mass is 32.2. The summed E-state index contributed by atoms with van der Waals surface area (Å²) in [4.78, 5) is 23.9. The largest absolute Gasteiger partial charge is 0.472 e. The highest BCUT2D eigenvalue weighted by Crippen LogP contribution is 2.40. The first-order valence-electron chi connectivity index (χ1n) is 9.62. The predicted molar refractivity (Wildman–Crippen MR) is 109 cm³/mol. The van der Waals surface area contributed by atoms with Crippen LogP contribution in [0.15, 0.2) is 35.4 Å². The van der Waals surface area contributed by atoms with Crippen molar-refractivity contribution in [2.24, 2.45) is 0 Å². The zero-order valence-corrected chi connectivity index (χ0v) is 17.5. The molecule has 4 rings (SSSR count). The lowest BCUT2D eigenvalue weighted by atomic mass is 10.0. The second-order valence-electron chi connectivity index (χ2n) is 8.03. The van der Waals surface area contributed by atoms with Crippen LogP contribution in [0.4, 0.5) is 17.5 Å². The van der Waals surface area contributed by atoms with Gasteiger partial charge in [0.2, 0.25) is 5.95 Å². The summed E-state index contributed by atoms with van der Waals surface area (Å²) < 4.78 is 29.1. The molecule has 2 aliphatic rings. The second kappa shape index (κ2) is 6.98. The molecule has 1 saturated carbocycles. The fourth-order valence-corrected chi connectivity index (χ4v) is 4.42. The van der Waals surface area contributed by atoms with E-state index in [2.05, 4.69) is 15.3 Å². The molecule has 0 radical (unpaired) electrons. The summed E-state index contributed by atoms with van der Waals surface area (Å²) in [5.41, 5.74) is -0.316. The average molecular weight is 417 g/mol. The number of anilines is 3. The van der Waals surface area contributed by atoms with Crippen LogP contribution in [-0.2, 0) is 14.6 Å². The van der Waals surface area contributed by atoms with Crippen molar-refractivity contribution in [3.05, 3.63) is 30.5 Å². The Morgan fingerprint density at radius 1 is 1.17 bits per heavy atom. The SMILES string of the molecule is CC1(C)Oc2cnc(Nc3ccc(S(C)(=O)=O)cc3)nc2N(C2CCCC2)C1=O. The van der Waals surface area contributed by atoms with Crippen molar-refractivity contribution in [1.82, 2.24) is 9.97 Å². The molecule has 0 saturated heterocycles. The lowest BCUT2D eigenvalue weighted by Gasteiger charge is -2.40. The van der Waals surface area contributed by atoms with Gasteiger partial charge in [-0.2, -0.15) is 4.98 Å². The van der Waals surface area contributed by atoms with Crippen molar-refractivity contribution in [2.45, 2.75) is 56.1 Å². The molecule has 0 bridgehead atoms. The zero-order chi connectivity index (χ0) is 20.8. The van der Waals surface area contributed by atoms with Gasteiger partial charge in [-0.05, 0) is 51.0 Å². The minimum Gasteiger partial charge on any atom is -0.472 e. The first kappa shape index (κ1) is 19.6. The van der Waals surface area contributed by atoms with E-state index in [0.717, 1.165) is 31.9 Å². The molecule has 2 aromatic rings. The topological polar surface area (TPSA) is 101 Å². The number of carbonyl (C=O) groups is 1. The number of nitrogens with one attached hydrogen (secondary N) is 1. The normalized spacial score (nSPS) is 19.0. The maximum atomic E-state index is 13.1. The van der Waals surface area contributed by atoms with Gasteiger partial charge in [0, 0.05) is 18.0 Å². The van der Waals surface area contributed by atoms with Gasteiger partial charge in [-0.15, -0.1) is 0 Å². The van der Waals surface area contributed by atoms with E-state index in [4.69, 9.17) is 4.74 Å². The Labute approximate surface area is 170 Å². The van der Waals surface area contributed by atoms with Crippen molar-refractivity contribution in [2.75, 3.05) is 16.5 Å². The van der Waals surface area contributed by atoms with Crippen LogP contribution in [0.5, 0.6) is 5.75 Å². The maximum Gasteiger partial charge on any atom is 0.272 e. The lowest BCUT2D eigenvalue weighted by Crippen LogP contribution is -2.55. The Bertz CT molecular complexity index is 1040. The number of carbonyl (C=O) groups excluding carboxylic acids is 1. The van der Waals surface area contributed by atoms with E-state index in [-0.39, 0.29) is 16.8 Å². The molecule has 1 aliphatic heterocycles. The van der Waals surface area contributed by atoms with Crippen LogP contribution in [0.25, 0.3) is 0 Å². The fraction of sp³-hybridized carbons (Fsp3) is 0.450. The molecule has 1 fully saturated rings. The van der Waals surface area contributed by atoms with Crippen LogP contribution < -0.4 is 15.0 Å². The average Bonchev–Trinajstić information content (AvgIpc) is 3.17. The fourth-order valence-electron chi connectivity index (χ4n) is 3.79. The molecule has 0 atom stereocenters. The maximum absolute atomic E-state index is 13.1. The first-order chi connectivity index (χ1) is 13.6. The predicted octanol–water partition coefficient (Wildman–Crippen LogP) is 3.07. The number of fused-ring (bicyclic) bond motifs is 1. The Morgan fingerprint density at radius 2 is 1.83 bits per heavy atom. The molecule has 154 valence electrons. The third-order valence-electron chi connectivity index (χ3n) is 5.29. The van der Waals surface area contributed by atoms with Gasteiger partial charge in [-0.3, -0.25) is 9.69 Å². The number of hydrogen-bond acceptors (Lipinski definition) is 7. The van der Waals surface area contributed by atoms with Gasteiger partial charge < -0.3 is 10.1 Å². The summed E-state index contributed by atoms with van der Waals surface area (Å²) in [7, 11) is -3.26. The highest BCUT2D eigenvalue weighted by molar-refractivity contribution is 7.90. The van der Waals surface area contributed by atoms with Gasteiger partial charge >= 0.3 is 0 Å². The van der Waals surface area contributed by atoms with Crippen molar-refractivity contribution < 1.29 is 17.9 Å². The summed E-state index contributed by atoms with van der Waals surface area (Å²) in [6.07, 6.45) is 6.81. The smallest absolute Gasteiger partial charge is 0.272 e. The number of rotatable bonds is 4. The molecule has 1 amide bonds. The third-order valence-corrected chi connectivity index (χ3v) is 6.42. The summed E-state index contributed by atoms with van der Waals surface area (Å²) in [5, 5.41) is 3.07. The Balaban J connectivity index is 1.66. The van der Waals surface area contributed by atoms with Crippen LogP contribution >= 0.6 is 0 Å². The lowest BCUT2D eigenvalue weighted by molar-refractivity contribution is -0.133. The second-order valence-corrected chi connectivity index (χ2v) is 10.0. The van der Waals surface area contributed by atoms with Crippen molar-refractivity contribution >= 4 is 33.2 Å². The van der Waals surface area contributed by atoms with E-state index in [1.807, 2.05) is 0 Å². The minimum atomic E-state index is -3.26. The highest BCUT2D eigenvalue weighted by Gasteiger charge is 2.45. The summed E-state index contributed by atoms with van der Waals surface area (Å²) in [6, 6.07) is 6.46. The van der Waals surface area contributed by atoms with E-state index in [0.29, 0.717) is 23.2 Å². The molecular weight excluding hydrogens is 392 g/mol. The molecule has 29 heavy (non-hydrogen) atoms. The summed E-state index contributed by atoms with van der Waals surface area (Å²) >= 11 is 0. The molecular formula is C20H24N4O4S. The number of sulfone groups is 1. The van der Waals surface area contributed by atoms with Gasteiger partial charge in [-0.1, -0.05) is 12.8 Å². The minimum absolute atomic E-state index is 0.0981. The van der Waals surface area contributed by atoms with Gasteiger partial charge in [0.15, 0.2) is 27.0 Å². The van der Waals surface area contributed by atoms with Crippen molar-refractivity contribution in [3.63, 3.8) is 0 Å². The van der Waals surface area contributed by atoms with E-state index in [9.17, 15) is 13.2 Å². The molecule has 9 heteroatoms. The molecule has 1 aromatic carbocycles. The van der Waals surface area contributed by atoms with Gasteiger partial charge in [0.1, 0.15) is 0 Å². The van der Waals surface area contributed by atoms with E-state index < -0.39 is 15.4 Å². The molecule has 1 N–H and O–H groups in total. The summed E-state index contributed by atoms with van der Waals surface area (Å²) in [6.45, 7) is 3.52. The number of nitrogens with zero attached hydrogens (tertiary/aromatic N) is 3. The third kappa shape index (κ3) is 3.78. The van der Waals surface area contributed by atoms with E-state index in [1.165, 1.54) is 12.1 Å².